The maximum absolute atomic E-state index is 11.0. The number of aliphatic carboxylic acids is 1. The zero-order valence-corrected chi connectivity index (χ0v) is 11.4. The molecule has 0 saturated carbocycles. The molecule has 0 amide bonds. The molecule has 0 heterocycles. The second-order valence-electron chi connectivity index (χ2n) is 4.80. The van der Waals surface area contributed by atoms with Crippen LogP contribution in [0.25, 0.3) is 0 Å². The normalized spacial score (nSPS) is 12.5. The molecule has 1 aromatic carbocycles. The molecule has 1 rings (SSSR count). The summed E-state index contributed by atoms with van der Waals surface area (Å²) >= 11 is 0. The lowest BCUT2D eigenvalue weighted by Crippen LogP contribution is -2.23. The van der Waals surface area contributed by atoms with Crippen molar-refractivity contribution in [2.75, 3.05) is 27.7 Å². The summed E-state index contributed by atoms with van der Waals surface area (Å²) < 4.78 is 5.33. The van der Waals surface area contributed by atoms with Crippen LogP contribution in [0.2, 0.25) is 0 Å². The molecule has 1 aromatic rings. The van der Waals surface area contributed by atoms with E-state index in [-0.39, 0.29) is 12.3 Å². The minimum absolute atomic E-state index is 0.0626. The van der Waals surface area contributed by atoms with Gasteiger partial charge < -0.3 is 14.7 Å². The number of aryl methyl sites for hydroxylation is 1. The van der Waals surface area contributed by atoms with Crippen LogP contribution in [0.5, 0.6) is 5.75 Å². The molecule has 0 aliphatic carbocycles. The average molecular weight is 251 g/mol. The van der Waals surface area contributed by atoms with Gasteiger partial charge in [-0.3, -0.25) is 4.79 Å². The Balaban J connectivity index is 3.09. The van der Waals surface area contributed by atoms with Gasteiger partial charge in [0.05, 0.1) is 13.5 Å². The summed E-state index contributed by atoms with van der Waals surface area (Å²) in [5, 5.41) is 9.03. The van der Waals surface area contributed by atoms with Crippen LogP contribution in [0.3, 0.4) is 0 Å². The Morgan fingerprint density at radius 3 is 2.61 bits per heavy atom. The zero-order valence-electron chi connectivity index (χ0n) is 11.4. The van der Waals surface area contributed by atoms with E-state index in [9.17, 15) is 4.79 Å². The predicted molar refractivity (Wildman–Crippen MR) is 71.3 cm³/mol. The van der Waals surface area contributed by atoms with E-state index >= 15 is 0 Å². The molecule has 0 radical (unpaired) electrons. The first kappa shape index (κ1) is 14.5. The van der Waals surface area contributed by atoms with E-state index in [1.165, 1.54) is 0 Å². The fourth-order valence-corrected chi connectivity index (χ4v) is 2.10. The Morgan fingerprint density at radius 1 is 1.44 bits per heavy atom. The van der Waals surface area contributed by atoms with Crippen molar-refractivity contribution in [1.82, 2.24) is 4.90 Å². The van der Waals surface area contributed by atoms with Crippen LogP contribution in [0.15, 0.2) is 18.2 Å². The molecule has 1 unspecified atom stereocenters. The number of likely N-dealkylation sites (N-methyl/N-ethyl adjacent to an activating group) is 1. The summed E-state index contributed by atoms with van der Waals surface area (Å²) in [6.07, 6.45) is 0.109. The van der Waals surface area contributed by atoms with Crippen molar-refractivity contribution in [3.05, 3.63) is 29.3 Å². The molecule has 0 spiro atoms. The third kappa shape index (κ3) is 4.04. The fourth-order valence-electron chi connectivity index (χ4n) is 2.10. The van der Waals surface area contributed by atoms with Crippen LogP contribution >= 0.6 is 0 Å². The van der Waals surface area contributed by atoms with Gasteiger partial charge in [0.15, 0.2) is 0 Å². The van der Waals surface area contributed by atoms with E-state index in [0.29, 0.717) is 6.54 Å². The molecular weight excluding hydrogens is 230 g/mol. The van der Waals surface area contributed by atoms with Crippen LogP contribution < -0.4 is 4.74 Å². The summed E-state index contributed by atoms with van der Waals surface area (Å²) in [5.74, 6) is -0.0912. The Morgan fingerprint density at radius 2 is 2.11 bits per heavy atom. The Hall–Kier alpha value is -1.55. The molecule has 0 fully saturated rings. The Kier molecular flexibility index (Phi) is 5.16. The van der Waals surface area contributed by atoms with Crippen molar-refractivity contribution in [3.8, 4) is 5.75 Å². The largest absolute Gasteiger partial charge is 0.496 e. The monoisotopic (exact) mass is 251 g/mol. The van der Waals surface area contributed by atoms with Crippen molar-refractivity contribution in [1.29, 1.82) is 0 Å². The molecule has 1 N–H and O–H groups in total. The molecule has 0 aliphatic rings. The average Bonchev–Trinajstić information content (AvgIpc) is 2.26. The first-order valence-corrected chi connectivity index (χ1v) is 5.95. The number of hydrogen-bond acceptors (Lipinski definition) is 3. The number of ether oxygens (including phenoxy) is 1. The summed E-state index contributed by atoms with van der Waals surface area (Å²) in [6.45, 7) is 2.68. The number of nitrogens with zero attached hydrogens (tertiary/aromatic N) is 1. The molecule has 4 nitrogen and oxygen atoms in total. The van der Waals surface area contributed by atoms with E-state index in [1.54, 1.807) is 7.11 Å². The van der Waals surface area contributed by atoms with Crippen molar-refractivity contribution >= 4 is 5.97 Å². The number of benzene rings is 1. The first-order chi connectivity index (χ1) is 8.43. The lowest BCUT2D eigenvalue weighted by molar-refractivity contribution is -0.137. The highest BCUT2D eigenvalue weighted by molar-refractivity contribution is 5.68. The summed E-state index contributed by atoms with van der Waals surface area (Å²) in [7, 11) is 5.50. The van der Waals surface area contributed by atoms with Crippen LogP contribution in [0.4, 0.5) is 0 Å². The van der Waals surface area contributed by atoms with Crippen LogP contribution in [0.1, 0.15) is 23.5 Å². The van der Waals surface area contributed by atoms with Crippen molar-refractivity contribution < 1.29 is 14.6 Å². The second-order valence-corrected chi connectivity index (χ2v) is 4.80. The molecule has 0 aromatic heterocycles. The van der Waals surface area contributed by atoms with Crippen molar-refractivity contribution in [2.45, 2.75) is 19.3 Å². The van der Waals surface area contributed by atoms with E-state index in [4.69, 9.17) is 9.84 Å². The van der Waals surface area contributed by atoms with Gasteiger partial charge in [0.2, 0.25) is 0 Å². The quantitative estimate of drug-likeness (QED) is 0.841. The number of carboxylic acid groups (broad SMARTS) is 1. The molecule has 1 atom stereocenters. The van der Waals surface area contributed by atoms with E-state index in [2.05, 4.69) is 0 Å². The molecule has 4 heteroatoms. The summed E-state index contributed by atoms with van der Waals surface area (Å²) in [5.41, 5.74) is 2.08. The van der Waals surface area contributed by atoms with Crippen LogP contribution in [-0.2, 0) is 4.79 Å². The van der Waals surface area contributed by atoms with Gasteiger partial charge in [0.1, 0.15) is 5.75 Å². The number of carbonyl (C=O) groups is 1. The van der Waals surface area contributed by atoms with E-state index in [0.717, 1.165) is 16.9 Å². The van der Waals surface area contributed by atoms with E-state index < -0.39 is 5.97 Å². The maximum Gasteiger partial charge on any atom is 0.304 e. The van der Waals surface area contributed by atoms with Gasteiger partial charge in [0.25, 0.3) is 0 Å². The molecule has 18 heavy (non-hydrogen) atoms. The maximum atomic E-state index is 11.0. The van der Waals surface area contributed by atoms with Crippen LogP contribution in [0, 0.1) is 6.92 Å². The van der Waals surface area contributed by atoms with Gasteiger partial charge in [-0.15, -0.1) is 0 Å². The van der Waals surface area contributed by atoms with Gasteiger partial charge in [-0.05, 0) is 32.6 Å². The highest BCUT2D eigenvalue weighted by Crippen LogP contribution is 2.30. The van der Waals surface area contributed by atoms with Crippen molar-refractivity contribution in [3.63, 3.8) is 0 Å². The van der Waals surface area contributed by atoms with Gasteiger partial charge >= 0.3 is 5.97 Å². The molecule has 0 saturated heterocycles. The topological polar surface area (TPSA) is 49.8 Å². The minimum Gasteiger partial charge on any atom is -0.496 e. The second kappa shape index (κ2) is 6.40. The standard InChI is InChI=1S/C14H21NO3/c1-10-5-6-13(18-4)12(7-10)11(8-14(16)17)9-15(2)3/h5-7,11H,8-9H2,1-4H3,(H,16,17). The predicted octanol–water partition coefficient (Wildman–Crippen LogP) is 2.12. The van der Waals surface area contributed by atoms with E-state index in [1.807, 2.05) is 44.1 Å². The number of methoxy groups -OCH3 is 1. The summed E-state index contributed by atoms with van der Waals surface area (Å²) in [4.78, 5) is 13.0. The molecule has 0 bridgehead atoms. The fraction of sp³-hybridized carbons (Fsp3) is 0.500. The Bertz CT molecular complexity index is 416. The van der Waals surface area contributed by atoms with Crippen molar-refractivity contribution in [2.24, 2.45) is 0 Å². The Labute approximate surface area is 108 Å². The van der Waals surface area contributed by atoms with Gasteiger partial charge in [-0.2, -0.15) is 0 Å². The lowest BCUT2D eigenvalue weighted by Gasteiger charge is -2.22. The van der Waals surface area contributed by atoms with Gasteiger partial charge in [-0.1, -0.05) is 17.7 Å². The number of rotatable bonds is 6. The highest BCUT2D eigenvalue weighted by atomic mass is 16.5. The zero-order chi connectivity index (χ0) is 13.7. The lowest BCUT2D eigenvalue weighted by atomic mass is 9.93. The molecular formula is C14H21NO3. The third-order valence-corrected chi connectivity index (χ3v) is 2.83. The number of carboxylic acids is 1. The van der Waals surface area contributed by atoms with Crippen LogP contribution in [-0.4, -0.2) is 43.7 Å². The smallest absolute Gasteiger partial charge is 0.304 e. The molecule has 0 aliphatic heterocycles. The van der Waals surface area contributed by atoms with Gasteiger partial charge in [0, 0.05) is 12.5 Å². The number of hydrogen-bond donors (Lipinski definition) is 1. The highest BCUT2D eigenvalue weighted by Gasteiger charge is 2.20. The molecule has 100 valence electrons. The summed E-state index contributed by atoms with van der Waals surface area (Å²) in [6, 6.07) is 5.88. The SMILES string of the molecule is COc1ccc(C)cc1C(CC(=O)O)CN(C)C. The minimum atomic E-state index is -0.787. The first-order valence-electron chi connectivity index (χ1n) is 5.95. The third-order valence-electron chi connectivity index (χ3n) is 2.83. The van der Waals surface area contributed by atoms with Gasteiger partial charge in [-0.25, -0.2) is 0 Å².